The molecular weight excluding hydrogens is 298 g/mol. The van der Waals surface area contributed by atoms with Crippen molar-refractivity contribution in [2.24, 2.45) is 0 Å². The van der Waals surface area contributed by atoms with Crippen LogP contribution in [0.4, 0.5) is 0 Å². The molecule has 112 valence electrons. The van der Waals surface area contributed by atoms with Gasteiger partial charge in [0, 0.05) is 29.6 Å². The van der Waals surface area contributed by atoms with Gasteiger partial charge in [0.25, 0.3) is 0 Å². The molecule has 0 bridgehead atoms. The van der Waals surface area contributed by atoms with Crippen LogP contribution in [0.2, 0.25) is 5.02 Å². The van der Waals surface area contributed by atoms with Crippen LogP contribution < -0.4 is 0 Å². The van der Waals surface area contributed by atoms with Crippen molar-refractivity contribution in [3.8, 4) is 0 Å². The Balaban J connectivity index is 1.74. The normalized spacial score (nSPS) is 10.8. The number of halogens is 1. The van der Waals surface area contributed by atoms with Gasteiger partial charge in [0.15, 0.2) is 0 Å². The SMILES string of the molecule is CN(Cc1ccccc1)C(=O)Cc1coc2ccc(Cl)cc12. The summed E-state index contributed by atoms with van der Waals surface area (Å²) in [6, 6.07) is 15.4. The molecule has 0 unspecified atom stereocenters. The molecule has 2 aromatic carbocycles. The number of carbonyl (C=O) groups excluding carboxylic acids is 1. The summed E-state index contributed by atoms with van der Waals surface area (Å²) in [6.45, 7) is 0.593. The molecule has 4 heteroatoms. The zero-order valence-corrected chi connectivity index (χ0v) is 13.0. The van der Waals surface area contributed by atoms with E-state index in [9.17, 15) is 4.79 Å². The molecule has 0 atom stereocenters. The zero-order chi connectivity index (χ0) is 15.5. The van der Waals surface area contributed by atoms with Gasteiger partial charge in [-0.25, -0.2) is 0 Å². The highest BCUT2D eigenvalue weighted by molar-refractivity contribution is 6.31. The van der Waals surface area contributed by atoms with Crippen LogP contribution in [-0.4, -0.2) is 17.9 Å². The molecule has 0 N–H and O–H groups in total. The van der Waals surface area contributed by atoms with Crippen molar-refractivity contribution in [3.63, 3.8) is 0 Å². The van der Waals surface area contributed by atoms with Crippen molar-refractivity contribution in [3.05, 3.63) is 70.9 Å². The maximum atomic E-state index is 12.4. The third-order valence-electron chi connectivity index (χ3n) is 3.65. The second-order valence-corrected chi connectivity index (χ2v) is 5.75. The van der Waals surface area contributed by atoms with Crippen LogP contribution in [0.5, 0.6) is 0 Å². The Morgan fingerprint density at radius 1 is 1.18 bits per heavy atom. The lowest BCUT2D eigenvalue weighted by molar-refractivity contribution is -0.129. The van der Waals surface area contributed by atoms with Crippen molar-refractivity contribution in [1.82, 2.24) is 4.90 Å². The molecule has 0 fully saturated rings. The largest absolute Gasteiger partial charge is 0.464 e. The van der Waals surface area contributed by atoms with Gasteiger partial charge in [-0.05, 0) is 23.8 Å². The highest BCUT2D eigenvalue weighted by atomic mass is 35.5. The average molecular weight is 314 g/mol. The van der Waals surface area contributed by atoms with Crippen LogP contribution in [-0.2, 0) is 17.8 Å². The molecule has 3 nitrogen and oxygen atoms in total. The quantitative estimate of drug-likeness (QED) is 0.720. The fourth-order valence-electron chi connectivity index (χ4n) is 2.43. The Hall–Kier alpha value is -2.26. The van der Waals surface area contributed by atoms with E-state index in [1.165, 1.54) is 0 Å². The van der Waals surface area contributed by atoms with Crippen LogP contribution >= 0.6 is 11.6 Å². The smallest absolute Gasteiger partial charge is 0.227 e. The summed E-state index contributed by atoms with van der Waals surface area (Å²) in [5.74, 6) is 0.0477. The van der Waals surface area contributed by atoms with Crippen molar-refractivity contribution >= 4 is 28.5 Å². The summed E-state index contributed by atoms with van der Waals surface area (Å²) in [5.41, 5.74) is 2.72. The summed E-state index contributed by atoms with van der Waals surface area (Å²) >= 11 is 6.02. The van der Waals surface area contributed by atoms with Gasteiger partial charge in [0.2, 0.25) is 5.91 Å². The number of rotatable bonds is 4. The van der Waals surface area contributed by atoms with Crippen molar-refractivity contribution in [2.75, 3.05) is 7.05 Å². The van der Waals surface area contributed by atoms with Crippen LogP contribution in [0, 0.1) is 0 Å². The minimum Gasteiger partial charge on any atom is -0.464 e. The van der Waals surface area contributed by atoms with E-state index in [-0.39, 0.29) is 5.91 Å². The molecule has 1 heterocycles. The molecule has 0 spiro atoms. The monoisotopic (exact) mass is 313 g/mol. The van der Waals surface area contributed by atoms with Crippen molar-refractivity contribution in [1.29, 1.82) is 0 Å². The van der Waals surface area contributed by atoms with E-state index < -0.39 is 0 Å². The lowest BCUT2D eigenvalue weighted by Gasteiger charge is -2.17. The van der Waals surface area contributed by atoms with Crippen LogP contribution in [0.25, 0.3) is 11.0 Å². The Morgan fingerprint density at radius 3 is 2.73 bits per heavy atom. The van der Waals surface area contributed by atoms with E-state index in [0.29, 0.717) is 18.0 Å². The first kappa shape index (κ1) is 14.7. The van der Waals surface area contributed by atoms with Crippen LogP contribution in [0.15, 0.2) is 59.2 Å². The Labute approximate surface area is 134 Å². The second kappa shape index (κ2) is 6.24. The number of nitrogens with zero attached hydrogens (tertiary/aromatic N) is 1. The standard InChI is InChI=1S/C18H16ClNO2/c1-20(11-13-5-3-2-4-6-13)18(21)9-14-12-22-17-8-7-15(19)10-16(14)17/h2-8,10,12H,9,11H2,1H3. The average Bonchev–Trinajstić information content (AvgIpc) is 2.90. The third-order valence-corrected chi connectivity index (χ3v) is 3.88. The number of hydrogen-bond donors (Lipinski definition) is 0. The first-order valence-corrected chi connectivity index (χ1v) is 7.45. The summed E-state index contributed by atoms with van der Waals surface area (Å²) in [4.78, 5) is 14.1. The van der Waals surface area contributed by atoms with Gasteiger partial charge >= 0.3 is 0 Å². The Morgan fingerprint density at radius 2 is 1.95 bits per heavy atom. The minimum atomic E-state index is 0.0477. The first-order valence-electron chi connectivity index (χ1n) is 7.07. The number of fused-ring (bicyclic) bond motifs is 1. The highest BCUT2D eigenvalue weighted by Gasteiger charge is 2.14. The van der Waals surface area contributed by atoms with Gasteiger partial charge in [-0.2, -0.15) is 0 Å². The molecule has 3 aromatic rings. The second-order valence-electron chi connectivity index (χ2n) is 5.31. The molecule has 0 aliphatic carbocycles. The lowest BCUT2D eigenvalue weighted by atomic mass is 10.1. The summed E-state index contributed by atoms with van der Waals surface area (Å²) in [5, 5.41) is 1.54. The Kier molecular flexibility index (Phi) is 4.16. The number of benzene rings is 2. The number of hydrogen-bond acceptors (Lipinski definition) is 2. The topological polar surface area (TPSA) is 33.5 Å². The van der Waals surface area contributed by atoms with Crippen molar-refractivity contribution in [2.45, 2.75) is 13.0 Å². The van der Waals surface area contributed by atoms with Gasteiger partial charge in [-0.3, -0.25) is 4.79 Å². The molecule has 0 aliphatic rings. The molecule has 22 heavy (non-hydrogen) atoms. The van der Waals surface area contributed by atoms with Crippen LogP contribution in [0.3, 0.4) is 0 Å². The molecule has 3 rings (SSSR count). The molecule has 1 aromatic heterocycles. The van der Waals surface area contributed by atoms with Crippen LogP contribution in [0.1, 0.15) is 11.1 Å². The predicted molar refractivity (Wildman–Crippen MR) is 87.8 cm³/mol. The number of furan rings is 1. The summed E-state index contributed by atoms with van der Waals surface area (Å²) in [6.07, 6.45) is 1.94. The number of likely N-dealkylation sites (N-methyl/N-ethyl adjacent to an activating group) is 1. The van der Waals surface area contributed by atoms with Gasteiger partial charge in [-0.15, -0.1) is 0 Å². The first-order chi connectivity index (χ1) is 10.6. The summed E-state index contributed by atoms with van der Waals surface area (Å²) in [7, 11) is 1.81. The van der Waals surface area contributed by atoms with E-state index >= 15 is 0 Å². The van der Waals surface area contributed by atoms with Gasteiger partial charge < -0.3 is 9.32 Å². The highest BCUT2D eigenvalue weighted by Crippen LogP contribution is 2.25. The van der Waals surface area contributed by atoms with E-state index in [4.69, 9.17) is 16.0 Å². The predicted octanol–water partition coefficient (Wildman–Crippen LogP) is 4.29. The molecule has 1 amide bonds. The molecular formula is C18H16ClNO2. The lowest BCUT2D eigenvalue weighted by Crippen LogP contribution is -2.27. The number of carbonyl (C=O) groups is 1. The minimum absolute atomic E-state index is 0.0477. The molecule has 0 saturated heterocycles. The molecule has 0 radical (unpaired) electrons. The third kappa shape index (κ3) is 3.15. The van der Waals surface area contributed by atoms with E-state index in [0.717, 1.165) is 22.1 Å². The van der Waals surface area contributed by atoms with Gasteiger partial charge in [0.05, 0.1) is 12.7 Å². The maximum absolute atomic E-state index is 12.4. The molecule has 0 saturated carbocycles. The zero-order valence-electron chi connectivity index (χ0n) is 12.3. The van der Waals surface area contributed by atoms with Gasteiger partial charge in [-0.1, -0.05) is 41.9 Å². The van der Waals surface area contributed by atoms with Gasteiger partial charge in [0.1, 0.15) is 5.58 Å². The van der Waals surface area contributed by atoms with E-state index in [2.05, 4.69) is 0 Å². The Bertz CT molecular complexity index is 795. The fourth-order valence-corrected chi connectivity index (χ4v) is 2.61. The summed E-state index contributed by atoms with van der Waals surface area (Å²) < 4.78 is 5.47. The number of amides is 1. The molecule has 0 aliphatic heterocycles. The van der Waals surface area contributed by atoms with E-state index in [1.807, 2.05) is 49.5 Å². The van der Waals surface area contributed by atoms with Crippen molar-refractivity contribution < 1.29 is 9.21 Å². The fraction of sp³-hybridized carbons (Fsp3) is 0.167. The maximum Gasteiger partial charge on any atom is 0.227 e. The van der Waals surface area contributed by atoms with E-state index in [1.54, 1.807) is 17.2 Å².